The minimum Gasteiger partial charge on any atom is -0.334 e. The van der Waals surface area contributed by atoms with Crippen molar-refractivity contribution in [3.8, 4) is 0 Å². The monoisotopic (exact) mass is 373 g/mol. The van der Waals surface area contributed by atoms with E-state index in [4.69, 9.17) is 5.10 Å². The summed E-state index contributed by atoms with van der Waals surface area (Å²) in [6.45, 7) is 1.55. The lowest BCUT2D eigenvalue weighted by atomic mass is 9.91. The van der Waals surface area contributed by atoms with Crippen LogP contribution in [-0.4, -0.2) is 34.1 Å². The molecule has 4 nitrogen and oxygen atoms in total. The molecular weight excluding hydrogens is 346 g/mol. The third kappa shape index (κ3) is 3.11. The van der Waals surface area contributed by atoms with Crippen LogP contribution < -0.4 is 0 Å². The van der Waals surface area contributed by atoms with Crippen molar-refractivity contribution >= 4 is 11.6 Å². The highest BCUT2D eigenvalue weighted by atomic mass is 16.2. The number of fused-ring (bicyclic) bond motifs is 1. The van der Waals surface area contributed by atoms with Crippen molar-refractivity contribution in [2.45, 2.75) is 50.7 Å². The summed E-state index contributed by atoms with van der Waals surface area (Å²) < 4.78 is 0. The molecule has 0 aromatic heterocycles. The molecule has 0 spiro atoms. The first-order valence-corrected chi connectivity index (χ1v) is 10.6. The summed E-state index contributed by atoms with van der Waals surface area (Å²) in [5.41, 5.74) is 3.25. The van der Waals surface area contributed by atoms with Gasteiger partial charge < -0.3 is 4.90 Å². The molecule has 0 radical (unpaired) electrons. The van der Waals surface area contributed by atoms with E-state index in [0.717, 1.165) is 31.6 Å². The maximum Gasteiger partial charge on any atom is 0.270 e. The van der Waals surface area contributed by atoms with Crippen LogP contribution in [-0.2, 0) is 11.3 Å². The Morgan fingerprint density at radius 2 is 1.57 bits per heavy atom. The molecule has 2 fully saturated rings. The Balaban J connectivity index is 1.46. The van der Waals surface area contributed by atoms with Gasteiger partial charge in [-0.1, -0.05) is 79.9 Å². The number of likely N-dealkylation sites (tertiary alicyclic amines) is 1. The summed E-state index contributed by atoms with van der Waals surface area (Å²) in [6, 6.07) is 21.5. The Hall–Kier alpha value is -2.62. The van der Waals surface area contributed by atoms with Gasteiger partial charge in [-0.3, -0.25) is 9.80 Å². The summed E-state index contributed by atoms with van der Waals surface area (Å²) in [7, 11) is 0. The van der Waals surface area contributed by atoms with Crippen molar-refractivity contribution < 1.29 is 4.79 Å². The normalized spacial score (nSPS) is 25.1. The zero-order valence-electron chi connectivity index (χ0n) is 16.2. The van der Waals surface area contributed by atoms with Gasteiger partial charge in [0.05, 0.1) is 18.5 Å². The van der Waals surface area contributed by atoms with Crippen LogP contribution in [0.1, 0.15) is 49.3 Å². The predicted octanol–water partition coefficient (Wildman–Crippen LogP) is 4.39. The molecule has 2 heterocycles. The van der Waals surface area contributed by atoms with Crippen LogP contribution in [0.4, 0.5) is 0 Å². The zero-order chi connectivity index (χ0) is 18.9. The van der Waals surface area contributed by atoms with Crippen LogP contribution in [0.25, 0.3) is 0 Å². The Bertz CT molecular complexity index is 858. The fourth-order valence-corrected chi connectivity index (χ4v) is 5.13. The summed E-state index contributed by atoms with van der Waals surface area (Å²) in [4.78, 5) is 15.4. The molecule has 1 amide bonds. The maximum atomic E-state index is 13.2. The van der Waals surface area contributed by atoms with Crippen LogP contribution in [0.15, 0.2) is 65.8 Å². The maximum absolute atomic E-state index is 13.2. The Labute approximate surface area is 166 Å². The highest BCUT2D eigenvalue weighted by Crippen LogP contribution is 2.42. The highest BCUT2D eigenvalue weighted by Gasteiger charge is 2.50. The fraction of sp³-hybridized carbons (Fsp3) is 0.417. The van der Waals surface area contributed by atoms with Gasteiger partial charge in [-0.15, -0.1) is 0 Å². The Morgan fingerprint density at radius 1 is 0.893 bits per heavy atom. The molecule has 1 saturated carbocycles. The van der Waals surface area contributed by atoms with E-state index in [0.29, 0.717) is 6.04 Å². The number of benzene rings is 2. The zero-order valence-corrected chi connectivity index (χ0v) is 16.2. The lowest BCUT2D eigenvalue weighted by Crippen LogP contribution is -2.40. The van der Waals surface area contributed by atoms with Crippen LogP contribution in [0.2, 0.25) is 0 Å². The molecule has 0 N–H and O–H groups in total. The summed E-state index contributed by atoms with van der Waals surface area (Å²) in [5.74, 6) is 0.342. The number of hydrogen-bond donors (Lipinski definition) is 0. The molecule has 3 aliphatic rings. The largest absolute Gasteiger partial charge is 0.334 e. The molecular formula is C24H27N3O. The van der Waals surface area contributed by atoms with Crippen molar-refractivity contribution in [3.05, 3.63) is 71.8 Å². The van der Waals surface area contributed by atoms with E-state index in [1.54, 1.807) is 0 Å². The van der Waals surface area contributed by atoms with E-state index in [2.05, 4.69) is 64.5 Å². The molecule has 28 heavy (non-hydrogen) atoms. The van der Waals surface area contributed by atoms with E-state index in [-0.39, 0.29) is 17.9 Å². The van der Waals surface area contributed by atoms with Gasteiger partial charge in [0.1, 0.15) is 5.71 Å². The third-order valence-electron chi connectivity index (χ3n) is 6.51. The first kappa shape index (κ1) is 17.5. The second kappa shape index (κ2) is 7.42. The summed E-state index contributed by atoms with van der Waals surface area (Å²) in [6.07, 6.45) is 6.09. The highest BCUT2D eigenvalue weighted by molar-refractivity contribution is 6.42. The van der Waals surface area contributed by atoms with E-state index in [9.17, 15) is 4.79 Å². The lowest BCUT2D eigenvalue weighted by molar-refractivity contribution is -0.125. The van der Waals surface area contributed by atoms with Gasteiger partial charge in [-0.2, -0.15) is 5.10 Å². The van der Waals surface area contributed by atoms with Gasteiger partial charge in [-0.25, -0.2) is 0 Å². The van der Waals surface area contributed by atoms with Crippen molar-refractivity contribution in [3.63, 3.8) is 0 Å². The van der Waals surface area contributed by atoms with E-state index < -0.39 is 0 Å². The standard InChI is InChI=1S/C24H27N3O/c28-24-22-21(17-26(24)20-14-8-3-9-15-20)23(19-12-6-2-7-13-19)27(25-22)16-18-10-4-1-5-11-18/h1-2,4-7,10-13,20-21,23H,3,8-9,14-17H2/t21-,23+/m0/s1. The lowest BCUT2D eigenvalue weighted by Gasteiger charge is -2.33. The second-order valence-electron chi connectivity index (χ2n) is 8.28. The number of amides is 1. The van der Waals surface area contributed by atoms with Gasteiger partial charge in [-0.05, 0) is 24.0 Å². The molecule has 0 bridgehead atoms. The first-order valence-electron chi connectivity index (χ1n) is 10.6. The number of carbonyl (C=O) groups excluding carboxylic acids is 1. The smallest absolute Gasteiger partial charge is 0.270 e. The van der Waals surface area contributed by atoms with Gasteiger partial charge in [0, 0.05) is 12.6 Å². The first-order chi connectivity index (χ1) is 13.8. The second-order valence-corrected chi connectivity index (χ2v) is 8.28. The molecule has 2 aromatic carbocycles. The van der Waals surface area contributed by atoms with Crippen molar-refractivity contribution in [1.82, 2.24) is 9.91 Å². The SMILES string of the molecule is O=C1C2=NN(Cc3ccccc3)[C@H](c3ccccc3)[C@H]2CN1C1CCCCC1. The minimum atomic E-state index is 0.133. The number of hydrogen-bond acceptors (Lipinski definition) is 3. The van der Waals surface area contributed by atoms with Crippen molar-refractivity contribution in [2.75, 3.05) is 6.54 Å². The van der Waals surface area contributed by atoms with Crippen LogP contribution >= 0.6 is 0 Å². The van der Waals surface area contributed by atoms with E-state index in [1.807, 2.05) is 6.07 Å². The molecule has 0 unspecified atom stereocenters. The third-order valence-corrected chi connectivity index (χ3v) is 6.51. The number of hydrazone groups is 1. The van der Waals surface area contributed by atoms with E-state index in [1.165, 1.54) is 30.4 Å². The molecule has 1 saturated heterocycles. The summed E-state index contributed by atoms with van der Waals surface area (Å²) in [5, 5.41) is 7.03. The average molecular weight is 374 g/mol. The molecule has 1 aliphatic carbocycles. The van der Waals surface area contributed by atoms with Crippen molar-refractivity contribution in [2.24, 2.45) is 11.0 Å². The molecule has 144 valence electrons. The molecule has 5 rings (SSSR count). The van der Waals surface area contributed by atoms with Crippen LogP contribution in [0.3, 0.4) is 0 Å². The summed E-state index contributed by atoms with van der Waals surface area (Å²) >= 11 is 0. The predicted molar refractivity (Wildman–Crippen MR) is 111 cm³/mol. The molecule has 2 atom stereocenters. The topological polar surface area (TPSA) is 35.9 Å². The van der Waals surface area contributed by atoms with Gasteiger partial charge >= 0.3 is 0 Å². The van der Waals surface area contributed by atoms with Gasteiger partial charge in [0.2, 0.25) is 0 Å². The quantitative estimate of drug-likeness (QED) is 0.797. The fourth-order valence-electron chi connectivity index (χ4n) is 5.13. The minimum absolute atomic E-state index is 0.133. The molecule has 2 aromatic rings. The average Bonchev–Trinajstić information content (AvgIpc) is 3.26. The van der Waals surface area contributed by atoms with Crippen molar-refractivity contribution in [1.29, 1.82) is 0 Å². The number of nitrogens with zero attached hydrogens (tertiary/aromatic N) is 3. The molecule has 4 heteroatoms. The van der Waals surface area contributed by atoms with Gasteiger partial charge in [0.25, 0.3) is 5.91 Å². The van der Waals surface area contributed by atoms with Crippen LogP contribution in [0.5, 0.6) is 0 Å². The Kier molecular flexibility index (Phi) is 4.63. The Morgan fingerprint density at radius 3 is 2.29 bits per heavy atom. The number of rotatable bonds is 4. The number of carbonyl (C=O) groups is 1. The van der Waals surface area contributed by atoms with Gasteiger partial charge in [0.15, 0.2) is 0 Å². The van der Waals surface area contributed by atoms with E-state index >= 15 is 0 Å². The van der Waals surface area contributed by atoms with Crippen LogP contribution in [0, 0.1) is 5.92 Å². The molecule has 2 aliphatic heterocycles.